The molecule has 0 fully saturated rings. The summed E-state index contributed by atoms with van der Waals surface area (Å²) in [6.07, 6.45) is 1.60. The van der Waals surface area contributed by atoms with Gasteiger partial charge in [0.05, 0.1) is 0 Å². The van der Waals surface area contributed by atoms with Crippen molar-refractivity contribution in [3.05, 3.63) is 29.7 Å². The number of nitrogens with zero attached hydrogens (tertiary/aromatic N) is 3. The molecule has 0 bridgehead atoms. The minimum Gasteiger partial charge on any atom is -0.384 e. The van der Waals surface area contributed by atoms with Gasteiger partial charge in [0.2, 0.25) is 0 Å². The number of aryl methyl sites for hydroxylation is 2. The molecule has 0 atom stereocenters. The van der Waals surface area contributed by atoms with E-state index in [9.17, 15) is 4.39 Å². The van der Waals surface area contributed by atoms with Crippen LogP contribution in [0.15, 0.2) is 18.3 Å². The van der Waals surface area contributed by atoms with Crippen molar-refractivity contribution in [1.29, 1.82) is 0 Å². The zero-order chi connectivity index (χ0) is 11.0. The third-order valence-corrected chi connectivity index (χ3v) is 2.14. The first-order valence-corrected chi connectivity index (χ1v) is 4.50. The first-order chi connectivity index (χ1) is 7.08. The van der Waals surface area contributed by atoms with Gasteiger partial charge in [0.1, 0.15) is 17.2 Å². The third kappa shape index (κ3) is 1.68. The maximum atomic E-state index is 13.5. The average Bonchev–Trinajstić information content (AvgIpc) is 2.46. The van der Waals surface area contributed by atoms with Crippen LogP contribution in [0.3, 0.4) is 0 Å². The van der Waals surface area contributed by atoms with Crippen LogP contribution in [0.25, 0.3) is 11.4 Å². The summed E-state index contributed by atoms with van der Waals surface area (Å²) in [5, 5.41) is 4.06. The molecule has 2 aromatic rings. The lowest BCUT2D eigenvalue weighted by atomic mass is 10.2. The van der Waals surface area contributed by atoms with Crippen molar-refractivity contribution < 1.29 is 4.39 Å². The number of hydrogen-bond acceptors (Lipinski definition) is 3. The second kappa shape index (κ2) is 3.34. The van der Waals surface area contributed by atoms with E-state index < -0.39 is 0 Å². The van der Waals surface area contributed by atoms with E-state index in [1.807, 2.05) is 0 Å². The number of pyridine rings is 1. The van der Waals surface area contributed by atoms with Gasteiger partial charge in [-0.05, 0) is 18.6 Å². The van der Waals surface area contributed by atoms with Crippen LogP contribution in [0.2, 0.25) is 0 Å². The molecule has 2 aromatic heterocycles. The van der Waals surface area contributed by atoms with Gasteiger partial charge >= 0.3 is 0 Å². The van der Waals surface area contributed by atoms with Crippen LogP contribution in [-0.4, -0.2) is 14.8 Å². The monoisotopic (exact) mass is 206 g/mol. The van der Waals surface area contributed by atoms with Crippen molar-refractivity contribution in [2.24, 2.45) is 7.05 Å². The number of nitrogens with two attached hydrogens (primary N) is 1. The number of anilines is 1. The third-order valence-electron chi connectivity index (χ3n) is 2.14. The Kier molecular flexibility index (Phi) is 2.15. The lowest BCUT2D eigenvalue weighted by Crippen LogP contribution is -1.97. The first-order valence-electron chi connectivity index (χ1n) is 4.50. The quantitative estimate of drug-likeness (QED) is 0.769. The topological polar surface area (TPSA) is 56.7 Å². The van der Waals surface area contributed by atoms with Crippen molar-refractivity contribution in [1.82, 2.24) is 14.8 Å². The molecule has 0 radical (unpaired) electrons. The van der Waals surface area contributed by atoms with E-state index in [4.69, 9.17) is 5.73 Å². The molecule has 2 rings (SSSR count). The fraction of sp³-hybridized carbons (Fsp3) is 0.200. The predicted molar refractivity (Wildman–Crippen MR) is 55.5 cm³/mol. The smallest absolute Gasteiger partial charge is 0.151 e. The first kappa shape index (κ1) is 9.64. The molecule has 0 saturated heterocycles. The number of hydrogen-bond donors (Lipinski definition) is 1. The van der Waals surface area contributed by atoms with Gasteiger partial charge in [0.25, 0.3) is 0 Å². The van der Waals surface area contributed by atoms with Crippen LogP contribution in [-0.2, 0) is 7.05 Å². The van der Waals surface area contributed by atoms with Crippen LogP contribution >= 0.6 is 0 Å². The molecule has 0 unspecified atom stereocenters. The summed E-state index contributed by atoms with van der Waals surface area (Å²) in [7, 11) is 1.70. The Balaban J connectivity index is 2.54. The van der Waals surface area contributed by atoms with E-state index in [2.05, 4.69) is 10.1 Å². The highest BCUT2D eigenvalue weighted by atomic mass is 19.1. The van der Waals surface area contributed by atoms with Crippen LogP contribution in [0, 0.1) is 12.7 Å². The van der Waals surface area contributed by atoms with Crippen LogP contribution in [0.4, 0.5) is 10.2 Å². The molecule has 2 heterocycles. The van der Waals surface area contributed by atoms with Gasteiger partial charge in [0, 0.05) is 19.3 Å². The van der Waals surface area contributed by atoms with Crippen molar-refractivity contribution in [3.63, 3.8) is 0 Å². The molecule has 2 N–H and O–H groups in total. The van der Waals surface area contributed by atoms with Crippen molar-refractivity contribution in [3.8, 4) is 11.4 Å². The van der Waals surface area contributed by atoms with Crippen molar-refractivity contribution in [2.45, 2.75) is 6.92 Å². The van der Waals surface area contributed by atoms with Crippen LogP contribution in [0.5, 0.6) is 0 Å². The summed E-state index contributed by atoms with van der Waals surface area (Å²) in [5.74, 6) is 0.0971. The minimum absolute atomic E-state index is 0.230. The molecular weight excluding hydrogens is 195 g/mol. The van der Waals surface area contributed by atoms with E-state index in [1.54, 1.807) is 26.2 Å². The molecule has 0 spiro atoms. The predicted octanol–water partition coefficient (Wildman–Crippen LogP) is 1.51. The van der Waals surface area contributed by atoms with Crippen molar-refractivity contribution >= 4 is 5.82 Å². The van der Waals surface area contributed by atoms with Gasteiger partial charge in [-0.15, -0.1) is 0 Å². The zero-order valence-corrected chi connectivity index (χ0v) is 8.53. The van der Waals surface area contributed by atoms with Gasteiger partial charge < -0.3 is 5.73 Å². The zero-order valence-electron chi connectivity index (χ0n) is 8.53. The SMILES string of the molecule is Cc1cnc(-c2cc(N)n(C)n2)c(F)c1. The van der Waals surface area contributed by atoms with Gasteiger partial charge in [-0.3, -0.25) is 9.67 Å². The van der Waals surface area contributed by atoms with E-state index >= 15 is 0 Å². The second-order valence-corrected chi connectivity index (χ2v) is 3.42. The highest BCUT2D eigenvalue weighted by Crippen LogP contribution is 2.20. The highest BCUT2D eigenvalue weighted by molar-refractivity contribution is 5.58. The Hall–Kier alpha value is -1.91. The Bertz CT molecular complexity index is 485. The molecule has 0 aliphatic rings. The second-order valence-electron chi connectivity index (χ2n) is 3.42. The van der Waals surface area contributed by atoms with Crippen LogP contribution < -0.4 is 5.73 Å². The maximum Gasteiger partial charge on any atom is 0.151 e. The standard InChI is InChI=1S/C10H11FN4/c1-6-3-7(11)10(13-5-6)8-4-9(12)15(2)14-8/h3-5H,12H2,1-2H3. The number of nitrogen functional groups attached to an aromatic ring is 1. The molecule has 4 nitrogen and oxygen atoms in total. The molecular formula is C10H11FN4. The Morgan fingerprint density at radius 1 is 1.40 bits per heavy atom. The normalized spacial score (nSPS) is 10.6. The average molecular weight is 206 g/mol. The van der Waals surface area contributed by atoms with E-state index in [-0.39, 0.29) is 11.5 Å². The molecule has 0 aliphatic heterocycles. The van der Waals surface area contributed by atoms with Crippen LogP contribution in [0.1, 0.15) is 5.56 Å². The molecule has 78 valence electrons. The molecule has 5 heteroatoms. The fourth-order valence-electron chi connectivity index (χ4n) is 1.32. The number of aromatic nitrogens is 3. The molecule has 0 amide bonds. The summed E-state index contributed by atoms with van der Waals surface area (Å²) in [4.78, 5) is 4.00. The highest BCUT2D eigenvalue weighted by Gasteiger charge is 2.11. The lowest BCUT2D eigenvalue weighted by Gasteiger charge is -1.98. The summed E-state index contributed by atoms with van der Waals surface area (Å²) < 4.78 is 15.0. The van der Waals surface area contributed by atoms with E-state index in [1.165, 1.54) is 10.7 Å². The maximum absolute atomic E-state index is 13.5. The van der Waals surface area contributed by atoms with Gasteiger partial charge in [-0.25, -0.2) is 4.39 Å². The fourth-order valence-corrected chi connectivity index (χ4v) is 1.32. The Morgan fingerprint density at radius 2 is 2.13 bits per heavy atom. The van der Waals surface area contributed by atoms with Gasteiger partial charge in [-0.1, -0.05) is 0 Å². The van der Waals surface area contributed by atoms with Gasteiger partial charge in [0.15, 0.2) is 5.82 Å². The Labute approximate surface area is 86.6 Å². The van der Waals surface area contributed by atoms with Crippen molar-refractivity contribution in [2.75, 3.05) is 5.73 Å². The summed E-state index contributed by atoms with van der Waals surface area (Å²) in [6.45, 7) is 1.78. The van der Waals surface area contributed by atoms with Gasteiger partial charge in [-0.2, -0.15) is 5.10 Å². The lowest BCUT2D eigenvalue weighted by molar-refractivity contribution is 0.622. The summed E-state index contributed by atoms with van der Waals surface area (Å²) in [6, 6.07) is 3.02. The largest absolute Gasteiger partial charge is 0.384 e. The Morgan fingerprint density at radius 3 is 2.67 bits per heavy atom. The van der Waals surface area contributed by atoms with E-state index in [0.29, 0.717) is 11.5 Å². The molecule has 15 heavy (non-hydrogen) atoms. The van der Waals surface area contributed by atoms with E-state index in [0.717, 1.165) is 5.56 Å². The molecule has 0 aliphatic carbocycles. The molecule has 0 aromatic carbocycles. The minimum atomic E-state index is -0.381. The summed E-state index contributed by atoms with van der Waals surface area (Å²) in [5.41, 5.74) is 7.07. The molecule has 0 saturated carbocycles. The number of halogens is 1. The summed E-state index contributed by atoms with van der Waals surface area (Å²) >= 11 is 0. The number of rotatable bonds is 1.